The molecule has 1 aliphatic heterocycles. The molecule has 0 aliphatic carbocycles. The summed E-state index contributed by atoms with van der Waals surface area (Å²) in [6, 6.07) is 10.0. The van der Waals surface area contributed by atoms with Crippen LogP contribution in [0.1, 0.15) is 18.1 Å². The number of hydrogen-bond donors (Lipinski definition) is 0. The molecule has 1 aromatic carbocycles. The Labute approximate surface area is 161 Å². The first-order valence-corrected chi connectivity index (χ1v) is 9.10. The molecular formula is C20H23F3N3O2+. The van der Waals surface area contributed by atoms with Gasteiger partial charge in [0, 0.05) is 6.07 Å². The second-order valence-electron chi connectivity index (χ2n) is 6.85. The van der Waals surface area contributed by atoms with Crippen LogP contribution in [0.15, 0.2) is 42.6 Å². The van der Waals surface area contributed by atoms with Gasteiger partial charge in [0.25, 0.3) is 11.7 Å². The van der Waals surface area contributed by atoms with Crippen molar-refractivity contribution in [3.63, 3.8) is 0 Å². The van der Waals surface area contributed by atoms with E-state index in [9.17, 15) is 18.0 Å². The largest absolute Gasteiger partial charge is 0.481 e. The van der Waals surface area contributed by atoms with Gasteiger partial charge in [-0.15, -0.1) is 0 Å². The third kappa shape index (κ3) is 4.74. The molecule has 3 rings (SSSR count). The molecule has 0 bridgehead atoms. The summed E-state index contributed by atoms with van der Waals surface area (Å²) in [7, 11) is 0. The lowest BCUT2D eigenvalue weighted by molar-refractivity contribution is -0.367. The van der Waals surface area contributed by atoms with Crippen LogP contribution in [-0.4, -0.2) is 43.1 Å². The number of hydrogen-bond acceptors (Lipinski definition) is 3. The maximum atomic E-state index is 12.7. The predicted octanol–water partition coefficient (Wildman–Crippen LogP) is 2.94. The number of rotatable bonds is 4. The topological polar surface area (TPSA) is 46.9 Å². The van der Waals surface area contributed by atoms with Gasteiger partial charge in [-0.25, -0.2) is 4.98 Å². The number of carbonyl (C=O) groups is 1. The first kappa shape index (κ1) is 20.0. The first-order chi connectivity index (χ1) is 13.2. The van der Waals surface area contributed by atoms with Crippen molar-refractivity contribution in [2.24, 2.45) is 0 Å². The lowest BCUT2D eigenvalue weighted by atomic mass is 10.2. The Bertz CT molecular complexity index is 816. The molecule has 1 atom stereocenters. The monoisotopic (exact) mass is 394 g/mol. The van der Waals surface area contributed by atoms with E-state index in [2.05, 4.69) is 4.98 Å². The Hall–Kier alpha value is -2.77. The molecule has 0 radical (unpaired) electrons. The zero-order valence-electron chi connectivity index (χ0n) is 15.8. The Morgan fingerprint density at radius 1 is 1.14 bits per heavy atom. The number of alkyl halides is 3. The van der Waals surface area contributed by atoms with Crippen LogP contribution in [0.3, 0.4) is 0 Å². The zero-order chi connectivity index (χ0) is 20.3. The number of pyridine rings is 1. The Balaban J connectivity index is 1.55. The molecule has 2 aromatic rings. The van der Waals surface area contributed by atoms with Crippen molar-refractivity contribution in [3.8, 4) is 5.75 Å². The van der Waals surface area contributed by atoms with Crippen molar-refractivity contribution in [3.05, 3.63) is 53.7 Å². The molecule has 8 heteroatoms. The number of piperazine rings is 1. The van der Waals surface area contributed by atoms with Gasteiger partial charge in [-0.2, -0.15) is 13.2 Å². The molecule has 150 valence electrons. The summed E-state index contributed by atoms with van der Waals surface area (Å²) in [4.78, 5) is 19.0. The fourth-order valence-corrected chi connectivity index (χ4v) is 3.16. The molecule has 5 nitrogen and oxygen atoms in total. The van der Waals surface area contributed by atoms with Crippen LogP contribution in [0.5, 0.6) is 5.75 Å². The van der Waals surface area contributed by atoms with Crippen LogP contribution in [-0.2, 0) is 11.0 Å². The van der Waals surface area contributed by atoms with E-state index >= 15 is 0 Å². The lowest BCUT2D eigenvalue weighted by Gasteiger charge is -2.32. The van der Waals surface area contributed by atoms with Crippen LogP contribution < -0.4 is 14.6 Å². The smallest absolute Gasteiger partial charge is 0.419 e. The maximum absolute atomic E-state index is 12.7. The van der Waals surface area contributed by atoms with Crippen molar-refractivity contribution in [2.45, 2.75) is 26.1 Å². The van der Waals surface area contributed by atoms with E-state index in [4.69, 9.17) is 4.74 Å². The van der Waals surface area contributed by atoms with Gasteiger partial charge in [-0.3, -0.25) is 9.69 Å². The van der Waals surface area contributed by atoms with Crippen molar-refractivity contribution in [1.29, 1.82) is 0 Å². The minimum absolute atomic E-state index is 0.0995. The fourth-order valence-electron chi connectivity index (χ4n) is 3.16. The van der Waals surface area contributed by atoms with E-state index in [0.29, 0.717) is 37.7 Å². The number of aromatic amines is 1. The van der Waals surface area contributed by atoms with Crippen LogP contribution in [0.25, 0.3) is 0 Å². The highest BCUT2D eigenvalue weighted by atomic mass is 19.4. The van der Waals surface area contributed by atoms with Crippen LogP contribution in [0, 0.1) is 6.92 Å². The number of amides is 1. The lowest BCUT2D eigenvalue weighted by Crippen LogP contribution is -2.52. The number of anilines is 1. The van der Waals surface area contributed by atoms with E-state index in [1.807, 2.05) is 36.1 Å². The maximum Gasteiger partial charge on any atom is 0.419 e. The first-order valence-electron chi connectivity index (χ1n) is 9.10. The fraction of sp³-hybridized carbons (Fsp3) is 0.400. The molecule has 2 heterocycles. The van der Waals surface area contributed by atoms with E-state index in [0.717, 1.165) is 17.8 Å². The molecule has 28 heavy (non-hydrogen) atoms. The average molecular weight is 394 g/mol. The van der Waals surface area contributed by atoms with E-state index < -0.39 is 17.8 Å². The Kier molecular flexibility index (Phi) is 5.76. The normalized spacial score (nSPS) is 16.0. The number of nitrogens with one attached hydrogen (secondary N) is 1. The van der Waals surface area contributed by atoms with Gasteiger partial charge in [0.1, 0.15) is 25.0 Å². The highest BCUT2D eigenvalue weighted by Crippen LogP contribution is 2.28. The van der Waals surface area contributed by atoms with E-state index in [-0.39, 0.29) is 5.91 Å². The zero-order valence-corrected chi connectivity index (χ0v) is 15.8. The quantitative estimate of drug-likeness (QED) is 0.801. The summed E-state index contributed by atoms with van der Waals surface area (Å²) in [6.07, 6.45) is -4.01. The molecule has 0 unspecified atom stereocenters. The number of halogens is 3. The van der Waals surface area contributed by atoms with Crippen LogP contribution >= 0.6 is 0 Å². The van der Waals surface area contributed by atoms with Gasteiger partial charge in [-0.05, 0) is 37.6 Å². The Morgan fingerprint density at radius 2 is 1.86 bits per heavy atom. The summed E-state index contributed by atoms with van der Waals surface area (Å²) in [6.45, 7) is 5.71. The Morgan fingerprint density at radius 3 is 2.43 bits per heavy atom. The van der Waals surface area contributed by atoms with Gasteiger partial charge < -0.3 is 9.64 Å². The highest BCUT2D eigenvalue weighted by Gasteiger charge is 2.33. The van der Waals surface area contributed by atoms with Crippen molar-refractivity contribution in [2.75, 3.05) is 31.1 Å². The molecule has 1 N–H and O–H groups in total. The van der Waals surface area contributed by atoms with E-state index in [1.165, 1.54) is 6.07 Å². The molecule has 1 aliphatic rings. The highest BCUT2D eigenvalue weighted by molar-refractivity contribution is 5.81. The van der Waals surface area contributed by atoms with Crippen molar-refractivity contribution < 1.29 is 27.7 Å². The summed E-state index contributed by atoms with van der Waals surface area (Å²) in [5.74, 6) is 1.15. The average Bonchev–Trinajstić information content (AvgIpc) is 2.67. The predicted molar refractivity (Wildman–Crippen MR) is 98.1 cm³/mol. The summed E-state index contributed by atoms with van der Waals surface area (Å²) in [5, 5.41) is 0. The molecular weight excluding hydrogens is 371 g/mol. The summed E-state index contributed by atoms with van der Waals surface area (Å²) >= 11 is 0. The molecule has 1 fully saturated rings. The summed E-state index contributed by atoms with van der Waals surface area (Å²) in [5.41, 5.74) is 0.339. The number of aryl methyl sites for hydroxylation is 1. The number of nitrogens with zero attached hydrogens (tertiary/aromatic N) is 2. The summed E-state index contributed by atoms with van der Waals surface area (Å²) < 4.78 is 43.7. The molecule has 1 saturated heterocycles. The van der Waals surface area contributed by atoms with Crippen molar-refractivity contribution >= 4 is 11.7 Å². The second kappa shape index (κ2) is 8.08. The minimum atomic E-state index is -4.37. The molecule has 1 aromatic heterocycles. The molecule has 1 amide bonds. The SMILES string of the molecule is Cc1cccc(O[C@@H](C)C(=O)N2CCN(c3ccc(C(F)(F)F)c[nH+]3)CC2)c1. The van der Waals surface area contributed by atoms with Crippen LogP contribution in [0.2, 0.25) is 0 Å². The number of H-pyrrole nitrogens is 1. The minimum Gasteiger partial charge on any atom is -0.481 e. The van der Waals surface area contributed by atoms with Crippen LogP contribution in [0.4, 0.5) is 19.0 Å². The second-order valence-corrected chi connectivity index (χ2v) is 6.85. The van der Waals surface area contributed by atoms with E-state index in [1.54, 1.807) is 11.8 Å². The molecule has 0 spiro atoms. The van der Waals surface area contributed by atoms with Gasteiger partial charge in [-0.1, -0.05) is 12.1 Å². The third-order valence-electron chi connectivity index (χ3n) is 4.71. The van der Waals surface area contributed by atoms with Gasteiger partial charge in [0.05, 0.1) is 18.7 Å². The number of carbonyl (C=O) groups excluding carboxylic acids is 1. The number of benzene rings is 1. The number of aromatic nitrogens is 1. The number of ether oxygens (including phenoxy) is 1. The standard InChI is InChI=1S/C20H22F3N3O2/c1-14-4-3-5-17(12-14)28-15(2)19(27)26-10-8-25(9-11-26)18-7-6-16(13-24-18)20(21,22)23/h3-7,12-13,15H,8-11H2,1-2H3/p+1/t15-/m0/s1. The van der Waals surface area contributed by atoms with Gasteiger partial charge in [0.2, 0.25) is 0 Å². The van der Waals surface area contributed by atoms with Crippen molar-refractivity contribution in [1.82, 2.24) is 4.90 Å². The molecule has 0 saturated carbocycles. The van der Waals surface area contributed by atoms with Gasteiger partial charge in [0.15, 0.2) is 6.10 Å². The van der Waals surface area contributed by atoms with Gasteiger partial charge >= 0.3 is 6.18 Å². The third-order valence-corrected chi connectivity index (χ3v) is 4.71.